The largest absolute Gasteiger partial charge is 0.288 e. The number of benzene rings is 2. The van der Waals surface area contributed by atoms with Crippen LogP contribution in [-0.2, 0) is 0 Å². The molecule has 7 nitrogen and oxygen atoms in total. The molecule has 2 aromatic carbocycles. The number of nitrogens with one attached hydrogen (secondary N) is 1. The van der Waals surface area contributed by atoms with Crippen LogP contribution < -0.4 is 0 Å². The van der Waals surface area contributed by atoms with Gasteiger partial charge in [-0.05, 0) is 38.1 Å². The predicted molar refractivity (Wildman–Crippen MR) is 69.8 cm³/mol. The summed E-state index contributed by atoms with van der Waals surface area (Å²) in [6, 6.07) is 12.8. The molecule has 0 bridgehead atoms. The summed E-state index contributed by atoms with van der Waals surface area (Å²) in [5, 5.41) is 16.2. The minimum Gasteiger partial charge on any atom is -0.288 e. The average molecular weight is 264 g/mol. The zero-order valence-electron chi connectivity index (χ0n) is 10.2. The van der Waals surface area contributed by atoms with Crippen LogP contribution in [0, 0.1) is 5.53 Å². The summed E-state index contributed by atoms with van der Waals surface area (Å²) in [6.45, 7) is 0. The molecule has 0 unspecified atom stereocenters. The van der Waals surface area contributed by atoms with Gasteiger partial charge in [0.2, 0.25) is 0 Å². The molecule has 1 aliphatic carbocycles. The van der Waals surface area contributed by atoms with E-state index in [-0.39, 0.29) is 5.78 Å². The van der Waals surface area contributed by atoms with Gasteiger partial charge < -0.3 is 0 Å². The number of carbonyl (C=O) groups is 1. The van der Waals surface area contributed by atoms with E-state index < -0.39 is 0 Å². The molecule has 0 saturated carbocycles. The maximum absolute atomic E-state index is 12.4. The van der Waals surface area contributed by atoms with Crippen molar-refractivity contribution in [3.05, 3.63) is 53.6 Å². The molecule has 0 fully saturated rings. The van der Waals surface area contributed by atoms with E-state index in [0.29, 0.717) is 16.8 Å². The number of carbonyl (C=O) groups excluding carboxylic acids is 1. The second-order valence-electron chi connectivity index (χ2n) is 4.04. The molecule has 0 heterocycles. The summed E-state index contributed by atoms with van der Waals surface area (Å²) < 4.78 is 0. The summed E-state index contributed by atoms with van der Waals surface area (Å²) in [5.74, 6) is -0.0766. The third kappa shape index (κ3) is 1.81. The monoisotopic (exact) mass is 264 g/mol. The van der Waals surface area contributed by atoms with Gasteiger partial charge in [0.15, 0.2) is 5.78 Å². The lowest BCUT2D eigenvalue weighted by Crippen LogP contribution is -1.94. The number of ketones is 1. The molecule has 1 aliphatic rings. The van der Waals surface area contributed by atoms with Gasteiger partial charge in [0.05, 0.1) is 11.3 Å². The number of rotatable bonds is 3. The Hall–Kier alpha value is -3.09. The molecular weight excluding hydrogens is 256 g/mol. The SMILES string of the molecule is N=NN=NN=Nc1cccc2c1C(=O)c1ccccc1-2. The van der Waals surface area contributed by atoms with Gasteiger partial charge in [-0.2, -0.15) is 5.53 Å². The van der Waals surface area contributed by atoms with Gasteiger partial charge in [0, 0.05) is 5.56 Å². The Balaban J connectivity index is 2.11. The minimum absolute atomic E-state index is 0.0766. The molecule has 0 saturated heterocycles. The van der Waals surface area contributed by atoms with Gasteiger partial charge in [0.1, 0.15) is 0 Å². The van der Waals surface area contributed by atoms with E-state index >= 15 is 0 Å². The van der Waals surface area contributed by atoms with Crippen molar-refractivity contribution < 1.29 is 4.79 Å². The number of fused-ring (bicyclic) bond motifs is 3. The molecule has 96 valence electrons. The third-order valence-electron chi connectivity index (χ3n) is 3.01. The van der Waals surface area contributed by atoms with Crippen molar-refractivity contribution in [2.24, 2.45) is 26.0 Å². The summed E-state index contributed by atoms with van der Waals surface area (Å²) >= 11 is 0. The molecule has 0 atom stereocenters. The molecule has 7 heteroatoms. The van der Waals surface area contributed by atoms with Gasteiger partial charge in [-0.3, -0.25) is 4.79 Å². The first-order valence-corrected chi connectivity index (χ1v) is 5.77. The van der Waals surface area contributed by atoms with Gasteiger partial charge in [-0.1, -0.05) is 36.4 Å². The summed E-state index contributed by atoms with van der Waals surface area (Å²) in [7, 11) is 0. The highest BCUT2D eigenvalue weighted by Gasteiger charge is 2.28. The van der Waals surface area contributed by atoms with Crippen LogP contribution in [0.25, 0.3) is 11.1 Å². The second-order valence-corrected chi connectivity index (χ2v) is 4.04. The number of hydrogen-bond acceptors (Lipinski definition) is 3. The maximum Gasteiger partial charge on any atom is 0.196 e. The molecule has 0 aliphatic heterocycles. The Morgan fingerprint density at radius 1 is 0.800 bits per heavy atom. The fourth-order valence-corrected chi connectivity index (χ4v) is 2.24. The molecular formula is C13H8N6O. The van der Waals surface area contributed by atoms with Gasteiger partial charge in [-0.15, -0.1) is 5.11 Å². The van der Waals surface area contributed by atoms with Crippen LogP contribution in [0.1, 0.15) is 15.9 Å². The van der Waals surface area contributed by atoms with Crippen LogP contribution >= 0.6 is 0 Å². The first-order valence-electron chi connectivity index (χ1n) is 5.77. The van der Waals surface area contributed by atoms with Crippen LogP contribution in [0.15, 0.2) is 68.5 Å². The van der Waals surface area contributed by atoms with Crippen molar-refractivity contribution in [1.82, 2.24) is 0 Å². The normalized spacial score (nSPS) is 12.9. The zero-order valence-corrected chi connectivity index (χ0v) is 10.2. The fourth-order valence-electron chi connectivity index (χ4n) is 2.24. The smallest absolute Gasteiger partial charge is 0.196 e. The third-order valence-corrected chi connectivity index (χ3v) is 3.01. The standard InChI is InChI=1S/C13H8N6O/c14-16-18-19-17-15-11-7-3-6-9-8-4-1-2-5-10(8)13(20)12(9)11/h1-7,14H. The molecule has 0 aromatic heterocycles. The average Bonchev–Trinajstić information content (AvgIpc) is 2.79. The van der Waals surface area contributed by atoms with Crippen LogP contribution in [0.5, 0.6) is 0 Å². The fraction of sp³-hybridized carbons (Fsp3) is 0. The first-order chi connectivity index (χ1) is 9.83. The zero-order chi connectivity index (χ0) is 13.9. The van der Waals surface area contributed by atoms with Crippen LogP contribution in [-0.4, -0.2) is 5.78 Å². The Morgan fingerprint density at radius 2 is 1.55 bits per heavy atom. The van der Waals surface area contributed by atoms with Crippen molar-refractivity contribution in [3.63, 3.8) is 0 Å². The van der Waals surface area contributed by atoms with E-state index in [9.17, 15) is 4.79 Å². The van der Waals surface area contributed by atoms with Crippen molar-refractivity contribution in [2.75, 3.05) is 0 Å². The quantitative estimate of drug-likeness (QED) is 0.553. The van der Waals surface area contributed by atoms with Crippen molar-refractivity contribution >= 4 is 11.5 Å². The van der Waals surface area contributed by atoms with E-state index in [4.69, 9.17) is 5.53 Å². The lowest BCUT2D eigenvalue weighted by Gasteiger charge is -2.00. The van der Waals surface area contributed by atoms with E-state index in [1.54, 1.807) is 18.2 Å². The predicted octanol–water partition coefficient (Wildman–Crippen LogP) is 4.29. The highest BCUT2D eigenvalue weighted by Crippen LogP contribution is 2.40. The number of nitrogens with zero attached hydrogens (tertiary/aromatic N) is 5. The summed E-state index contributed by atoms with van der Waals surface area (Å²) in [4.78, 5) is 12.4. The second kappa shape index (κ2) is 4.88. The first kappa shape index (κ1) is 12.0. The molecule has 20 heavy (non-hydrogen) atoms. The Morgan fingerprint density at radius 3 is 2.35 bits per heavy atom. The van der Waals surface area contributed by atoms with Crippen molar-refractivity contribution in [1.29, 1.82) is 5.53 Å². The van der Waals surface area contributed by atoms with Crippen molar-refractivity contribution in [2.45, 2.75) is 0 Å². The van der Waals surface area contributed by atoms with Crippen LogP contribution in [0.2, 0.25) is 0 Å². The highest BCUT2D eigenvalue weighted by molar-refractivity contribution is 6.24. The molecule has 1 N–H and O–H groups in total. The highest BCUT2D eigenvalue weighted by atomic mass is 16.1. The minimum atomic E-state index is -0.0766. The van der Waals surface area contributed by atoms with Crippen molar-refractivity contribution in [3.8, 4) is 11.1 Å². The lowest BCUT2D eigenvalue weighted by atomic mass is 10.1. The number of hydrogen-bond donors (Lipinski definition) is 1. The van der Waals surface area contributed by atoms with E-state index in [0.717, 1.165) is 11.1 Å². The molecule has 0 amide bonds. The van der Waals surface area contributed by atoms with E-state index in [1.807, 2.05) is 24.3 Å². The molecule has 0 spiro atoms. The lowest BCUT2D eigenvalue weighted by molar-refractivity contribution is 0.104. The van der Waals surface area contributed by atoms with Gasteiger partial charge in [0.25, 0.3) is 0 Å². The molecule has 3 rings (SSSR count). The van der Waals surface area contributed by atoms with E-state index in [1.165, 1.54) is 0 Å². The Labute approximate surface area is 113 Å². The molecule has 2 aromatic rings. The summed E-state index contributed by atoms with van der Waals surface area (Å²) in [5.41, 5.74) is 9.76. The maximum atomic E-state index is 12.4. The Bertz CT molecular complexity index is 765. The summed E-state index contributed by atoms with van der Waals surface area (Å²) in [6.07, 6.45) is 0. The molecule has 0 radical (unpaired) electrons. The van der Waals surface area contributed by atoms with Gasteiger partial charge >= 0.3 is 0 Å². The van der Waals surface area contributed by atoms with Crippen LogP contribution in [0.4, 0.5) is 5.69 Å². The Kier molecular flexibility index (Phi) is 2.92. The topological polar surface area (TPSA) is 103 Å². The van der Waals surface area contributed by atoms with E-state index in [2.05, 4.69) is 26.0 Å². The van der Waals surface area contributed by atoms with Crippen LogP contribution in [0.3, 0.4) is 0 Å². The van der Waals surface area contributed by atoms with Gasteiger partial charge in [-0.25, -0.2) is 0 Å².